The first kappa shape index (κ1) is 15.3. The van der Waals surface area contributed by atoms with Gasteiger partial charge in [0.05, 0.1) is 12.1 Å². The average molecular weight is 292 g/mol. The number of hydrogen-bond acceptors (Lipinski definition) is 3. The highest BCUT2D eigenvalue weighted by molar-refractivity contribution is 7.89. The van der Waals surface area contributed by atoms with Gasteiger partial charge >= 0.3 is 0 Å². The quantitative estimate of drug-likeness (QED) is 0.877. The van der Waals surface area contributed by atoms with Gasteiger partial charge in [0.1, 0.15) is 10.6 Å². The number of ether oxygens (including phenoxy) is 1. The Hall–Kier alpha value is -0.780. The Bertz CT molecular complexity index is 500. The highest BCUT2D eigenvalue weighted by Gasteiger charge is 2.17. The van der Waals surface area contributed by atoms with Gasteiger partial charge in [0.15, 0.2) is 0 Å². The molecule has 0 amide bonds. The highest BCUT2D eigenvalue weighted by atomic mass is 35.5. The van der Waals surface area contributed by atoms with Crippen molar-refractivity contribution in [3.05, 3.63) is 23.2 Å². The number of rotatable bonds is 6. The molecule has 0 aliphatic heterocycles. The van der Waals surface area contributed by atoms with Crippen molar-refractivity contribution in [3.63, 3.8) is 0 Å². The van der Waals surface area contributed by atoms with Crippen LogP contribution in [0.1, 0.15) is 20.3 Å². The molecule has 0 spiro atoms. The van der Waals surface area contributed by atoms with Crippen molar-refractivity contribution in [2.24, 2.45) is 5.92 Å². The molecule has 1 N–H and O–H groups in total. The molecule has 1 rings (SSSR count). The van der Waals surface area contributed by atoms with Gasteiger partial charge in [-0.1, -0.05) is 25.4 Å². The minimum absolute atomic E-state index is 0.0775. The van der Waals surface area contributed by atoms with Gasteiger partial charge in [-0.2, -0.15) is 0 Å². The van der Waals surface area contributed by atoms with E-state index in [1.807, 2.05) is 13.8 Å². The zero-order valence-corrected chi connectivity index (χ0v) is 12.3. The Kier molecular flexibility index (Phi) is 5.44. The van der Waals surface area contributed by atoms with E-state index in [2.05, 4.69) is 4.72 Å². The fourth-order valence-corrected chi connectivity index (χ4v) is 2.97. The van der Waals surface area contributed by atoms with Gasteiger partial charge in [-0.3, -0.25) is 0 Å². The Morgan fingerprint density at radius 2 is 2.06 bits per heavy atom. The van der Waals surface area contributed by atoms with Crippen LogP contribution < -0.4 is 9.46 Å². The number of halogens is 1. The fraction of sp³-hybridized carbons (Fsp3) is 0.500. The Morgan fingerprint density at radius 3 is 2.56 bits per heavy atom. The van der Waals surface area contributed by atoms with E-state index in [1.165, 1.54) is 19.2 Å². The number of methoxy groups -OCH3 is 1. The largest absolute Gasteiger partial charge is 0.497 e. The average Bonchev–Trinajstić information content (AvgIpc) is 2.27. The zero-order chi connectivity index (χ0) is 13.8. The summed E-state index contributed by atoms with van der Waals surface area (Å²) in [6.07, 6.45) is 0.785. The second kappa shape index (κ2) is 6.41. The van der Waals surface area contributed by atoms with E-state index in [1.54, 1.807) is 6.07 Å². The van der Waals surface area contributed by atoms with Gasteiger partial charge in [0.25, 0.3) is 0 Å². The molecule has 0 radical (unpaired) electrons. The summed E-state index contributed by atoms with van der Waals surface area (Å²) in [5, 5.41) is 0.159. The molecule has 0 fully saturated rings. The van der Waals surface area contributed by atoms with Crippen molar-refractivity contribution in [1.82, 2.24) is 4.72 Å². The van der Waals surface area contributed by atoms with Crippen LogP contribution in [0.3, 0.4) is 0 Å². The molecule has 0 unspecified atom stereocenters. The Morgan fingerprint density at radius 1 is 1.39 bits per heavy atom. The molecule has 18 heavy (non-hydrogen) atoms. The first-order chi connectivity index (χ1) is 8.36. The molecule has 0 atom stereocenters. The topological polar surface area (TPSA) is 55.4 Å². The molecule has 1 aromatic rings. The number of hydrogen-bond donors (Lipinski definition) is 1. The molecule has 6 heteroatoms. The van der Waals surface area contributed by atoms with E-state index in [4.69, 9.17) is 16.3 Å². The molecule has 0 saturated carbocycles. The summed E-state index contributed by atoms with van der Waals surface area (Å²) in [5.74, 6) is 0.972. The lowest BCUT2D eigenvalue weighted by Gasteiger charge is -2.10. The van der Waals surface area contributed by atoms with E-state index in [-0.39, 0.29) is 9.92 Å². The molecule has 4 nitrogen and oxygen atoms in total. The predicted octanol–water partition coefficient (Wildman–Crippen LogP) is 2.67. The first-order valence-corrected chi connectivity index (χ1v) is 7.56. The van der Waals surface area contributed by atoms with Gasteiger partial charge in [-0.25, -0.2) is 13.1 Å². The summed E-state index contributed by atoms with van der Waals surface area (Å²) >= 11 is 5.93. The summed E-state index contributed by atoms with van der Waals surface area (Å²) in [4.78, 5) is 0.0775. The van der Waals surface area contributed by atoms with Crippen molar-refractivity contribution in [2.45, 2.75) is 25.2 Å². The SMILES string of the molecule is COc1ccc(S(=O)(=O)NCCC(C)C)c(Cl)c1. The molecule has 0 aliphatic rings. The van der Waals surface area contributed by atoms with E-state index in [9.17, 15) is 8.42 Å². The molecule has 102 valence electrons. The fourth-order valence-electron chi connectivity index (χ4n) is 1.39. The van der Waals surface area contributed by atoms with Crippen molar-refractivity contribution in [3.8, 4) is 5.75 Å². The molecule has 0 bridgehead atoms. The van der Waals surface area contributed by atoms with Crippen LogP contribution in [0.2, 0.25) is 5.02 Å². The van der Waals surface area contributed by atoms with Crippen molar-refractivity contribution >= 4 is 21.6 Å². The Labute approximate surface area is 113 Å². The third-order valence-corrected chi connectivity index (χ3v) is 4.39. The van der Waals surface area contributed by atoms with Gasteiger partial charge in [-0.05, 0) is 24.5 Å². The predicted molar refractivity (Wildman–Crippen MR) is 72.6 cm³/mol. The van der Waals surface area contributed by atoms with Crippen LogP contribution in [0.4, 0.5) is 0 Å². The Balaban J connectivity index is 2.85. The maximum absolute atomic E-state index is 12.0. The lowest BCUT2D eigenvalue weighted by molar-refractivity contribution is 0.414. The molecule has 0 heterocycles. The normalized spacial score (nSPS) is 11.8. The molecule has 0 saturated heterocycles. The summed E-state index contributed by atoms with van der Waals surface area (Å²) in [6.45, 7) is 4.48. The maximum atomic E-state index is 12.0. The van der Waals surface area contributed by atoms with Crippen LogP contribution in [-0.4, -0.2) is 22.1 Å². The third-order valence-electron chi connectivity index (χ3n) is 2.44. The van der Waals surface area contributed by atoms with E-state index >= 15 is 0 Å². The van der Waals surface area contributed by atoms with Crippen LogP contribution in [-0.2, 0) is 10.0 Å². The maximum Gasteiger partial charge on any atom is 0.242 e. The second-order valence-corrected chi connectivity index (χ2v) is 6.52. The van der Waals surface area contributed by atoms with Crippen LogP contribution in [0.25, 0.3) is 0 Å². The molecule has 1 aromatic carbocycles. The smallest absolute Gasteiger partial charge is 0.242 e. The van der Waals surface area contributed by atoms with Crippen LogP contribution in [0.15, 0.2) is 23.1 Å². The summed E-state index contributed by atoms with van der Waals surface area (Å²) in [6, 6.07) is 4.50. The van der Waals surface area contributed by atoms with Crippen LogP contribution >= 0.6 is 11.6 Å². The van der Waals surface area contributed by atoms with Crippen molar-refractivity contribution < 1.29 is 13.2 Å². The van der Waals surface area contributed by atoms with Crippen molar-refractivity contribution in [1.29, 1.82) is 0 Å². The summed E-state index contributed by atoms with van der Waals surface area (Å²) in [7, 11) is -2.05. The van der Waals surface area contributed by atoms with Crippen molar-refractivity contribution in [2.75, 3.05) is 13.7 Å². The van der Waals surface area contributed by atoms with Gasteiger partial charge < -0.3 is 4.74 Å². The highest BCUT2D eigenvalue weighted by Crippen LogP contribution is 2.25. The summed E-state index contributed by atoms with van der Waals surface area (Å²) < 4.78 is 31.5. The second-order valence-electron chi connectivity index (χ2n) is 4.38. The zero-order valence-electron chi connectivity index (χ0n) is 10.7. The third kappa shape index (κ3) is 4.15. The van der Waals surface area contributed by atoms with Gasteiger partial charge in [-0.15, -0.1) is 0 Å². The number of sulfonamides is 1. The standard InChI is InChI=1S/C12H18ClNO3S/c1-9(2)6-7-14-18(15,16)12-5-4-10(17-3)8-11(12)13/h4-5,8-9,14H,6-7H2,1-3H3. The lowest BCUT2D eigenvalue weighted by Crippen LogP contribution is -2.25. The van der Waals surface area contributed by atoms with Gasteiger partial charge in [0.2, 0.25) is 10.0 Å². The first-order valence-electron chi connectivity index (χ1n) is 5.70. The minimum atomic E-state index is -3.55. The monoisotopic (exact) mass is 291 g/mol. The molecular formula is C12H18ClNO3S. The number of benzene rings is 1. The van der Waals surface area contributed by atoms with Crippen LogP contribution in [0.5, 0.6) is 5.75 Å². The lowest BCUT2D eigenvalue weighted by atomic mass is 10.1. The van der Waals surface area contributed by atoms with Gasteiger partial charge in [0, 0.05) is 12.6 Å². The van der Waals surface area contributed by atoms with E-state index < -0.39 is 10.0 Å². The van der Waals surface area contributed by atoms with E-state index in [0.717, 1.165) is 6.42 Å². The molecule has 0 aromatic heterocycles. The minimum Gasteiger partial charge on any atom is -0.497 e. The van der Waals surface area contributed by atoms with Crippen LogP contribution in [0, 0.1) is 5.92 Å². The number of nitrogens with one attached hydrogen (secondary N) is 1. The summed E-state index contributed by atoms with van der Waals surface area (Å²) in [5.41, 5.74) is 0. The van der Waals surface area contributed by atoms with E-state index in [0.29, 0.717) is 18.2 Å². The molecule has 0 aliphatic carbocycles. The molecular weight excluding hydrogens is 274 g/mol.